The normalized spacial score (nSPS) is 25.4. The Kier molecular flexibility index (Phi) is 66.1. The van der Waals surface area contributed by atoms with Gasteiger partial charge in [0.1, 0.15) is 73.2 Å². The first-order valence-corrected chi connectivity index (χ1v) is 45.3. The van der Waals surface area contributed by atoms with Crippen LogP contribution < -0.4 is 5.32 Å². The lowest BCUT2D eigenvalue weighted by atomic mass is 9.96. The molecular weight excluding hydrogens is 1430 g/mol. The zero-order chi connectivity index (χ0) is 81.7. The summed E-state index contributed by atoms with van der Waals surface area (Å²) in [6, 6.07) is -0.900. The first-order valence-electron chi connectivity index (χ1n) is 45.3. The zero-order valence-electron chi connectivity index (χ0n) is 70.3. The van der Waals surface area contributed by atoms with Crippen LogP contribution >= 0.6 is 0 Å². The van der Waals surface area contributed by atoms with Gasteiger partial charge in [0.05, 0.1) is 38.6 Å². The highest BCUT2D eigenvalue weighted by Gasteiger charge is 2.54. The fraction of sp³-hybridized carbons (Fsp3) is 0.777. The molecule has 17 atom stereocenters. The minimum absolute atomic E-state index is 0.248. The van der Waals surface area contributed by atoms with E-state index in [0.29, 0.717) is 12.8 Å². The van der Waals surface area contributed by atoms with Crippen molar-refractivity contribution < 1.29 is 89.4 Å². The standard InChI is InChI=1S/C94H163NO18/c1-3-5-7-9-11-13-15-17-19-21-23-25-27-29-31-32-33-34-35-36-37-38-39-40-41-42-43-44-46-48-50-52-54-56-58-60-62-64-66-68-70-72-82(100)95-77(78(99)71-69-67-65-63-61-59-57-55-53-51-49-47-45-30-28-26-24-22-20-18-16-14-12-10-8-6-4-2)76-108-92-88(106)85(103)90(80(74-97)110-92)113-94-89(107)86(104)91(81(75-98)111-94)112-93-87(105)84(102)83(101)79(73-96)109-93/h5,7,11,13,17,19,23,25,29,31,33-34,36-37,39-40,42-43,46,48,77-81,83-94,96-99,101-107H,3-4,6,8-10,12,14-16,18,20-22,24,26-28,30,32,35,38,41,44-45,47,49-76H2,1-2H3,(H,95,100)/b7-5-,13-11-,19-17-,25-23-,31-29-,34-33-,37-36-,40-39-,43-42-,48-46-. The lowest BCUT2D eigenvalue weighted by Crippen LogP contribution is -2.66. The van der Waals surface area contributed by atoms with Crippen LogP contribution in [0.25, 0.3) is 0 Å². The quantitative estimate of drug-likeness (QED) is 0.0199. The van der Waals surface area contributed by atoms with E-state index in [2.05, 4.69) is 141 Å². The average molecular weight is 1600 g/mol. The Morgan fingerprint density at radius 3 is 0.956 bits per heavy atom. The van der Waals surface area contributed by atoms with Crippen molar-refractivity contribution in [3.8, 4) is 0 Å². The summed E-state index contributed by atoms with van der Waals surface area (Å²) < 4.78 is 34.6. The van der Waals surface area contributed by atoms with Gasteiger partial charge in [-0.15, -0.1) is 0 Å². The van der Waals surface area contributed by atoms with Crippen LogP contribution in [0.4, 0.5) is 0 Å². The number of aliphatic hydroxyl groups excluding tert-OH is 11. The molecule has 17 unspecified atom stereocenters. The van der Waals surface area contributed by atoms with Gasteiger partial charge in [-0.1, -0.05) is 360 Å². The third-order valence-electron chi connectivity index (χ3n) is 21.8. The third kappa shape index (κ3) is 50.7. The molecule has 0 aromatic heterocycles. The summed E-state index contributed by atoms with van der Waals surface area (Å²) in [6.07, 6.45) is 75.8. The molecular formula is C94H163NO18. The van der Waals surface area contributed by atoms with Crippen molar-refractivity contribution in [3.63, 3.8) is 0 Å². The lowest BCUT2D eigenvalue weighted by molar-refractivity contribution is -0.379. The number of carbonyl (C=O) groups is 1. The highest BCUT2D eigenvalue weighted by Crippen LogP contribution is 2.34. The van der Waals surface area contributed by atoms with Crippen LogP contribution in [-0.4, -0.2) is 193 Å². The summed E-state index contributed by atoms with van der Waals surface area (Å²) in [5, 5.41) is 121. The van der Waals surface area contributed by atoms with Crippen LogP contribution in [0.1, 0.15) is 335 Å². The second-order valence-electron chi connectivity index (χ2n) is 31.7. The number of nitrogens with one attached hydrogen (secondary N) is 1. The molecule has 1 amide bonds. The number of unbranched alkanes of at least 4 members (excludes halogenated alkanes) is 36. The van der Waals surface area contributed by atoms with E-state index >= 15 is 0 Å². The molecule has 0 radical (unpaired) electrons. The molecule has 0 saturated carbocycles. The molecule has 3 fully saturated rings. The molecule has 0 aromatic carbocycles. The monoisotopic (exact) mass is 1590 g/mol. The molecule has 3 saturated heterocycles. The van der Waals surface area contributed by atoms with Gasteiger partial charge in [-0.25, -0.2) is 0 Å². The van der Waals surface area contributed by atoms with E-state index in [4.69, 9.17) is 28.4 Å². The molecule has 3 heterocycles. The number of allylic oxidation sites excluding steroid dienone is 20. The first-order chi connectivity index (χ1) is 55.3. The Labute approximate surface area is 684 Å². The number of rotatable bonds is 72. The van der Waals surface area contributed by atoms with Crippen LogP contribution in [0.5, 0.6) is 0 Å². The molecule has 0 aromatic rings. The molecule has 0 bridgehead atoms. The molecule has 3 rings (SSSR count). The Morgan fingerprint density at radius 1 is 0.327 bits per heavy atom. The van der Waals surface area contributed by atoms with Crippen LogP contribution in [0.3, 0.4) is 0 Å². The minimum atomic E-state index is -1.98. The van der Waals surface area contributed by atoms with E-state index in [-0.39, 0.29) is 18.9 Å². The van der Waals surface area contributed by atoms with Crippen molar-refractivity contribution in [1.29, 1.82) is 0 Å². The van der Waals surface area contributed by atoms with Crippen molar-refractivity contribution in [1.82, 2.24) is 5.32 Å². The van der Waals surface area contributed by atoms with Gasteiger partial charge in [0.25, 0.3) is 0 Å². The Balaban J connectivity index is 1.32. The topological polar surface area (TPSA) is 307 Å². The van der Waals surface area contributed by atoms with Crippen molar-refractivity contribution >= 4 is 5.91 Å². The molecule has 12 N–H and O–H groups in total. The van der Waals surface area contributed by atoms with E-state index in [1.807, 2.05) is 0 Å². The highest BCUT2D eigenvalue weighted by atomic mass is 16.8. The molecule has 652 valence electrons. The minimum Gasteiger partial charge on any atom is -0.394 e. The maximum absolute atomic E-state index is 13.5. The highest BCUT2D eigenvalue weighted by molar-refractivity contribution is 5.76. The molecule has 19 nitrogen and oxygen atoms in total. The van der Waals surface area contributed by atoms with Crippen LogP contribution in [-0.2, 0) is 33.2 Å². The van der Waals surface area contributed by atoms with E-state index in [9.17, 15) is 61.0 Å². The van der Waals surface area contributed by atoms with Gasteiger partial charge < -0.3 is 89.9 Å². The Bertz CT molecular complexity index is 2510. The van der Waals surface area contributed by atoms with Gasteiger partial charge in [0.2, 0.25) is 5.91 Å². The van der Waals surface area contributed by atoms with Gasteiger partial charge in [0, 0.05) is 6.42 Å². The maximum Gasteiger partial charge on any atom is 0.220 e. The maximum atomic E-state index is 13.5. The van der Waals surface area contributed by atoms with Gasteiger partial charge in [-0.2, -0.15) is 0 Å². The van der Waals surface area contributed by atoms with Gasteiger partial charge in [-0.3, -0.25) is 4.79 Å². The smallest absolute Gasteiger partial charge is 0.220 e. The van der Waals surface area contributed by atoms with Crippen LogP contribution in [0.15, 0.2) is 122 Å². The van der Waals surface area contributed by atoms with Gasteiger partial charge >= 0.3 is 0 Å². The molecule has 0 spiro atoms. The number of hydrogen-bond acceptors (Lipinski definition) is 18. The Morgan fingerprint density at radius 2 is 0.611 bits per heavy atom. The predicted molar refractivity (Wildman–Crippen MR) is 457 cm³/mol. The predicted octanol–water partition coefficient (Wildman–Crippen LogP) is 17.4. The molecule has 113 heavy (non-hydrogen) atoms. The summed E-state index contributed by atoms with van der Waals surface area (Å²) in [4.78, 5) is 13.5. The molecule has 19 heteroatoms. The van der Waals surface area contributed by atoms with E-state index in [1.165, 1.54) is 180 Å². The lowest BCUT2D eigenvalue weighted by Gasteiger charge is -2.48. The number of ether oxygens (including phenoxy) is 6. The number of carbonyl (C=O) groups excluding carboxylic acids is 1. The van der Waals surface area contributed by atoms with Crippen molar-refractivity contribution in [2.45, 2.75) is 439 Å². The van der Waals surface area contributed by atoms with E-state index in [1.54, 1.807) is 0 Å². The fourth-order valence-electron chi connectivity index (χ4n) is 14.6. The van der Waals surface area contributed by atoms with Gasteiger partial charge in [0.15, 0.2) is 18.9 Å². The number of aliphatic hydroxyl groups is 11. The third-order valence-corrected chi connectivity index (χ3v) is 21.8. The SMILES string of the molecule is CC/C=C\C/C=C\C/C=C\C/C=C\C/C=C\C/C=C\C/C=C\C/C=C\C/C=C\C/C=C\CCCCCCCCCCCCC(=O)NC(COC1OC(CO)C(OC2OC(CO)C(OC3OC(CO)C(O)C(O)C3O)C(O)C2O)C(O)C1O)C(O)CCCCCCCCCCCCCCCCCCCCCCCCCCCCC. The largest absolute Gasteiger partial charge is 0.394 e. The van der Waals surface area contributed by atoms with Crippen molar-refractivity contribution in [3.05, 3.63) is 122 Å². The summed E-state index contributed by atoms with van der Waals surface area (Å²) in [5.41, 5.74) is 0. The molecule has 3 aliphatic rings. The van der Waals surface area contributed by atoms with Crippen LogP contribution in [0, 0.1) is 0 Å². The summed E-state index contributed by atoms with van der Waals surface area (Å²) in [6.45, 7) is 1.72. The molecule has 0 aliphatic carbocycles. The van der Waals surface area contributed by atoms with E-state index < -0.39 is 124 Å². The average Bonchev–Trinajstić information content (AvgIpc) is 0.777. The second-order valence-corrected chi connectivity index (χ2v) is 31.7. The second kappa shape index (κ2) is 72.2. The Hall–Kier alpha value is -3.81. The summed E-state index contributed by atoms with van der Waals surface area (Å²) >= 11 is 0. The van der Waals surface area contributed by atoms with Crippen molar-refractivity contribution in [2.75, 3.05) is 26.4 Å². The summed E-state index contributed by atoms with van der Waals surface area (Å²) in [7, 11) is 0. The van der Waals surface area contributed by atoms with Gasteiger partial charge in [-0.05, 0) is 89.9 Å². The zero-order valence-corrected chi connectivity index (χ0v) is 70.3. The number of hydrogen-bond donors (Lipinski definition) is 12. The van der Waals surface area contributed by atoms with Crippen molar-refractivity contribution in [2.24, 2.45) is 0 Å². The fourth-order valence-corrected chi connectivity index (χ4v) is 14.6. The molecule has 3 aliphatic heterocycles. The number of amides is 1. The van der Waals surface area contributed by atoms with E-state index in [0.717, 1.165) is 122 Å². The summed E-state index contributed by atoms with van der Waals surface area (Å²) in [5.74, 6) is -0.248. The van der Waals surface area contributed by atoms with Crippen LogP contribution in [0.2, 0.25) is 0 Å². The first kappa shape index (κ1) is 103.